The van der Waals surface area contributed by atoms with Gasteiger partial charge in [0, 0.05) is 24.5 Å². The van der Waals surface area contributed by atoms with Gasteiger partial charge < -0.3 is 4.74 Å². The van der Waals surface area contributed by atoms with Crippen molar-refractivity contribution in [2.24, 2.45) is 7.05 Å². The van der Waals surface area contributed by atoms with Crippen LogP contribution in [0, 0.1) is 13.8 Å². The minimum atomic E-state index is -0.273. The summed E-state index contributed by atoms with van der Waals surface area (Å²) in [5.74, 6) is 1.48. The molecular weight excluding hydrogens is 392 g/mol. The molecule has 4 heterocycles. The maximum atomic E-state index is 13.5. The van der Waals surface area contributed by atoms with Crippen LogP contribution in [0.4, 0.5) is 5.69 Å². The predicted molar refractivity (Wildman–Crippen MR) is 117 cm³/mol. The third-order valence-corrected chi connectivity index (χ3v) is 5.84. The van der Waals surface area contributed by atoms with Crippen molar-refractivity contribution in [3.63, 3.8) is 0 Å². The summed E-state index contributed by atoms with van der Waals surface area (Å²) in [5.41, 5.74) is 4.94. The Balaban J connectivity index is 1.63. The minimum Gasteiger partial charge on any atom is -0.494 e. The van der Waals surface area contributed by atoms with Gasteiger partial charge in [0.2, 0.25) is 0 Å². The van der Waals surface area contributed by atoms with Gasteiger partial charge in [-0.15, -0.1) is 10.2 Å². The number of anilines is 1. The van der Waals surface area contributed by atoms with Crippen LogP contribution < -0.4 is 9.64 Å². The van der Waals surface area contributed by atoms with Crippen molar-refractivity contribution < 1.29 is 9.53 Å². The second-order valence-corrected chi connectivity index (χ2v) is 7.83. The Bertz CT molecular complexity index is 1290. The van der Waals surface area contributed by atoms with Crippen LogP contribution in [-0.4, -0.2) is 36.9 Å². The fraction of sp³-hybridized carbons (Fsp3) is 0.304. The summed E-state index contributed by atoms with van der Waals surface area (Å²) < 4.78 is 9.41. The van der Waals surface area contributed by atoms with Gasteiger partial charge in [-0.25, -0.2) is 0 Å². The van der Waals surface area contributed by atoms with Crippen LogP contribution in [0.15, 0.2) is 42.6 Å². The van der Waals surface area contributed by atoms with Crippen molar-refractivity contribution >= 4 is 17.2 Å². The molecule has 0 saturated carbocycles. The number of benzene rings is 1. The number of ether oxygens (including phenoxy) is 1. The van der Waals surface area contributed by atoms with E-state index < -0.39 is 0 Å². The summed E-state index contributed by atoms with van der Waals surface area (Å²) in [7, 11) is 1.87. The molecule has 31 heavy (non-hydrogen) atoms. The molecule has 1 aliphatic heterocycles. The minimum absolute atomic E-state index is 0.111. The number of carbonyl (C=O) groups excluding carboxylic acids is 1. The molecule has 0 aliphatic carbocycles. The molecule has 4 aromatic rings. The number of hydrogen-bond acceptors (Lipinski definition) is 5. The third kappa shape index (κ3) is 2.98. The molecule has 0 fully saturated rings. The average Bonchev–Trinajstić information content (AvgIpc) is 3.39. The molecule has 8 nitrogen and oxygen atoms in total. The van der Waals surface area contributed by atoms with Crippen molar-refractivity contribution in [1.29, 1.82) is 0 Å². The number of nitrogens with zero attached hydrogens (tertiary/aromatic N) is 6. The molecule has 0 saturated heterocycles. The quantitative estimate of drug-likeness (QED) is 0.497. The van der Waals surface area contributed by atoms with E-state index in [1.165, 1.54) is 0 Å². The second kappa shape index (κ2) is 7.23. The Morgan fingerprint density at radius 2 is 1.84 bits per heavy atom. The van der Waals surface area contributed by atoms with Gasteiger partial charge in [-0.2, -0.15) is 5.10 Å². The first-order valence-electron chi connectivity index (χ1n) is 10.4. The zero-order valence-electron chi connectivity index (χ0n) is 18.0. The first kappa shape index (κ1) is 19.3. The Labute approximate surface area is 180 Å². The van der Waals surface area contributed by atoms with Crippen LogP contribution in [0.1, 0.15) is 52.5 Å². The number of hydrogen-bond donors (Lipinski definition) is 0. The molecule has 0 N–H and O–H groups in total. The number of rotatable bonds is 5. The van der Waals surface area contributed by atoms with Crippen molar-refractivity contribution in [2.75, 3.05) is 11.5 Å². The SMILES string of the molecule is CCCOc1ccc(C2c3c(nn(C)c3C)C(=O)N2c2ccc3nnc(C)n3c2)cc1. The van der Waals surface area contributed by atoms with E-state index in [0.717, 1.165) is 46.2 Å². The average molecular weight is 416 g/mol. The first-order chi connectivity index (χ1) is 15.0. The van der Waals surface area contributed by atoms with Crippen molar-refractivity contribution in [1.82, 2.24) is 24.4 Å². The van der Waals surface area contributed by atoms with Gasteiger partial charge in [0.15, 0.2) is 11.3 Å². The van der Waals surface area contributed by atoms with E-state index >= 15 is 0 Å². The van der Waals surface area contributed by atoms with Gasteiger partial charge in [-0.1, -0.05) is 19.1 Å². The Morgan fingerprint density at radius 1 is 1.06 bits per heavy atom. The smallest absolute Gasteiger partial charge is 0.280 e. The van der Waals surface area contributed by atoms with E-state index in [0.29, 0.717) is 12.3 Å². The number of carbonyl (C=O) groups is 1. The molecule has 1 atom stereocenters. The molecule has 1 unspecified atom stereocenters. The highest BCUT2D eigenvalue weighted by Crippen LogP contribution is 2.43. The molecule has 3 aromatic heterocycles. The molecular formula is C23H24N6O2. The molecule has 0 radical (unpaired) electrons. The highest BCUT2D eigenvalue weighted by Gasteiger charge is 2.43. The van der Waals surface area contributed by atoms with E-state index in [9.17, 15) is 4.79 Å². The lowest BCUT2D eigenvalue weighted by atomic mass is 9.99. The fourth-order valence-corrected chi connectivity index (χ4v) is 4.16. The van der Waals surface area contributed by atoms with E-state index in [4.69, 9.17) is 4.74 Å². The molecule has 1 aromatic carbocycles. The number of pyridine rings is 1. The van der Waals surface area contributed by atoms with Crippen molar-refractivity contribution in [3.05, 3.63) is 70.9 Å². The topological polar surface area (TPSA) is 77.6 Å². The van der Waals surface area contributed by atoms with Crippen LogP contribution in [0.2, 0.25) is 0 Å². The van der Waals surface area contributed by atoms with Crippen LogP contribution in [0.5, 0.6) is 5.75 Å². The number of amides is 1. The second-order valence-electron chi connectivity index (χ2n) is 7.83. The normalized spacial score (nSPS) is 15.7. The maximum absolute atomic E-state index is 13.5. The zero-order valence-corrected chi connectivity index (χ0v) is 18.0. The first-order valence-corrected chi connectivity index (χ1v) is 10.4. The largest absolute Gasteiger partial charge is 0.494 e. The highest BCUT2D eigenvalue weighted by molar-refractivity contribution is 6.10. The number of fused-ring (bicyclic) bond motifs is 2. The summed E-state index contributed by atoms with van der Waals surface area (Å²) in [4.78, 5) is 15.3. The summed E-state index contributed by atoms with van der Waals surface area (Å²) in [5, 5.41) is 12.8. The van der Waals surface area contributed by atoms with Crippen LogP contribution in [0.25, 0.3) is 5.65 Å². The highest BCUT2D eigenvalue weighted by atomic mass is 16.5. The third-order valence-electron chi connectivity index (χ3n) is 5.84. The van der Waals surface area contributed by atoms with Crippen LogP contribution in [-0.2, 0) is 7.05 Å². The lowest BCUT2D eigenvalue weighted by molar-refractivity contribution is 0.0988. The van der Waals surface area contributed by atoms with Gasteiger partial charge in [-0.05, 0) is 50.1 Å². The standard InChI is InChI=1S/C23H24N6O2/c1-5-12-31-18-9-6-16(7-10-18)22-20-14(2)27(4)26-21(20)23(30)29(22)17-8-11-19-25-24-15(3)28(19)13-17/h6-11,13,22H,5,12H2,1-4H3. The van der Waals surface area contributed by atoms with Gasteiger partial charge in [0.05, 0.1) is 18.3 Å². The summed E-state index contributed by atoms with van der Waals surface area (Å²) in [6.45, 7) is 6.65. The molecule has 5 rings (SSSR count). The lowest BCUT2D eigenvalue weighted by Gasteiger charge is -2.27. The van der Waals surface area contributed by atoms with E-state index in [1.807, 2.05) is 72.8 Å². The Kier molecular flexibility index (Phi) is 4.50. The summed E-state index contributed by atoms with van der Waals surface area (Å²) in [6.07, 6.45) is 2.87. The number of aromatic nitrogens is 5. The maximum Gasteiger partial charge on any atom is 0.280 e. The monoisotopic (exact) mass is 416 g/mol. The summed E-state index contributed by atoms with van der Waals surface area (Å²) in [6, 6.07) is 11.5. The molecule has 0 bridgehead atoms. The molecule has 158 valence electrons. The van der Waals surface area contributed by atoms with Crippen LogP contribution in [0.3, 0.4) is 0 Å². The van der Waals surface area contributed by atoms with E-state index in [-0.39, 0.29) is 11.9 Å². The Hall–Kier alpha value is -3.68. The number of aryl methyl sites for hydroxylation is 2. The molecule has 1 amide bonds. The molecule has 8 heteroatoms. The summed E-state index contributed by atoms with van der Waals surface area (Å²) >= 11 is 0. The fourth-order valence-electron chi connectivity index (χ4n) is 4.16. The van der Waals surface area contributed by atoms with Gasteiger partial charge >= 0.3 is 0 Å². The zero-order chi connectivity index (χ0) is 21.7. The van der Waals surface area contributed by atoms with Gasteiger partial charge in [-0.3, -0.25) is 18.8 Å². The van der Waals surface area contributed by atoms with Crippen molar-refractivity contribution in [2.45, 2.75) is 33.2 Å². The van der Waals surface area contributed by atoms with Gasteiger partial charge in [0.1, 0.15) is 11.6 Å². The van der Waals surface area contributed by atoms with Crippen LogP contribution >= 0.6 is 0 Å². The van der Waals surface area contributed by atoms with E-state index in [1.54, 1.807) is 4.68 Å². The van der Waals surface area contributed by atoms with E-state index in [2.05, 4.69) is 22.2 Å². The molecule has 0 spiro atoms. The van der Waals surface area contributed by atoms with Crippen molar-refractivity contribution in [3.8, 4) is 5.75 Å². The Morgan fingerprint density at radius 3 is 2.58 bits per heavy atom. The van der Waals surface area contributed by atoms with Gasteiger partial charge in [0.25, 0.3) is 5.91 Å². The lowest BCUT2D eigenvalue weighted by Crippen LogP contribution is -2.30. The molecule has 1 aliphatic rings. The predicted octanol–water partition coefficient (Wildman–Crippen LogP) is 3.62.